The van der Waals surface area contributed by atoms with E-state index in [-0.39, 0.29) is 6.10 Å². The molecule has 6 aromatic heterocycles. The molecule has 0 radical (unpaired) electrons. The molecule has 8 aromatic rings. The number of nitrogens with zero attached hydrogens (tertiary/aromatic N) is 8. The molecule has 1 saturated carbocycles. The highest BCUT2D eigenvalue weighted by Crippen LogP contribution is 2.43. The Morgan fingerprint density at radius 3 is 1.74 bits per heavy atom. The van der Waals surface area contributed by atoms with Gasteiger partial charge in [-0.25, -0.2) is 29.9 Å². The largest absolute Gasteiger partial charge is 0.393 e. The first-order chi connectivity index (χ1) is 25.9. The van der Waals surface area contributed by atoms with E-state index in [1.165, 1.54) is 12.7 Å². The second kappa shape index (κ2) is 14.9. The number of nitrogen functional groups attached to an aromatic ring is 2. The van der Waals surface area contributed by atoms with Crippen molar-refractivity contribution >= 4 is 54.7 Å². The van der Waals surface area contributed by atoms with Crippen molar-refractivity contribution in [1.29, 1.82) is 0 Å². The first-order valence-electron chi connectivity index (χ1n) is 17.8. The van der Waals surface area contributed by atoms with E-state index >= 15 is 0 Å². The molecule has 53 heavy (non-hydrogen) atoms. The molecule has 0 amide bonds. The van der Waals surface area contributed by atoms with Gasteiger partial charge in [0.15, 0.2) is 0 Å². The van der Waals surface area contributed by atoms with Crippen LogP contribution in [0.5, 0.6) is 0 Å². The van der Waals surface area contributed by atoms with E-state index in [0.29, 0.717) is 23.7 Å². The summed E-state index contributed by atoms with van der Waals surface area (Å²) < 4.78 is 4.53. The lowest BCUT2D eigenvalue weighted by atomic mass is 9.92. The second-order valence-corrected chi connectivity index (χ2v) is 15.4. The van der Waals surface area contributed by atoms with E-state index in [9.17, 15) is 5.11 Å². The zero-order valence-electron chi connectivity index (χ0n) is 29.5. The maximum absolute atomic E-state index is 9.92. The van der Waals surface area contributed by atoms with Crippen LogP contribution in [-0.2, 0) is 0 Å². The van der Waals surface area contributed by atoms with Crippen LogP contribution in [-0.4, -0.2) is 50.2 Å². The molecule has 5 N–H and O–H groups in total. The van der Waals surface area contributed by atoms with Gasteiger partial charge in [-0.2, -0.15) is 0 Å². The number of imidazole rings is 2. The van der Waals surface area contributed by atoms with Gasteiger partial charge in [-0.3, -0.25) is 0 Å². The van der Waals surface area contributed by atoms with Gasteiger partial charge in [0, 0.05) is 23.2 Å². The average Bonchev–Trinajstić information content (AvgIpc) is 4.00. The van der Waals surface area contributed by atoms with E-state index in [1.54, 1.807) is 22.7 Å². The molecule has 1 atom stereocenters. The first kappa shape index (κ1) is 34.6. The van der Waals surface area contributed by atoms with Crippen molar-refractivity contribution in [2.75, 3.05) is 11.5 Å². The number of benzene rings is 2. The number of rotatable bonds is 7. The average molecular weight is 741 g/mol. The van der Waals surface area contributed by atoms with Crippen molar-refractivity contribution in [3.05, 3.63) is 98.1 Å². The van der Waals surface area contributed by atoms with Gasteiger partial charge in [0.2, 0.25) is 0 Å². The minimum atomic E-state index is -0.184. The minimum absolute atomic E-state index is 0.184. The Balaban J connectivity index is 0.000000152. The summed E-state index contributed by atoms with van der Waals surface area (Å²) in [5, 5.41) is 11.7. The lowest BCUT2D eigenvalue weighted by Gasteiger charge is -2.27. The van der Waals surface area contributed by atoms with Gasteiger partial charge in [-0.05, 0) is 51.2 Å². The molecule has 1 aliphatic carbocycles. The van der Waals surface area contributed by atoms with Gasteiger partial charge in [0.05, 0.1) is 62.1 Å². The maximum atomic E-state index is 9.92. The molecule has 1 aliphatic rings. The van der Waals surface area contributed by atoms with E-state index < -0.39 is 0 Å². The quantitative estimate of drug-likeness (QED) is 0.145. The summed E-state index contributed by atoms with van der Waals surface area (Å²) in [6, 6.07) is 25.4. The fourth-order valence-electron chi connectivity index (χ4n) is 6.95. The summed E-state index contributed by atoms with van der Waals surface area (Å²) in [5.41, 5.74) is 18.5. The van der Waals surface area contributed by atoms with E-state index in [0.717, 1.165) is 96.2 Å². The van der Waals surface area contributed by atoms with Crippen molar-refractivity contribution in [2.45, 2.75) is 64.1 Å². The number of aliphatic hydroxyl groups excluding tert-OH is 1. The topological polar surface area (TPSA) is 159 Å². The third-order valence-electron chi connectivity index (χ3n) is 9.99. The standard InChI is InChI=1S/C21H21N5OS.C19H19N5S/c22-20-16-10-17(28-21(16)24-11-23-20)19-18(13-4-2-1-3-5-13)25-12-26(19)14-6-8-15(27)9-7-14;1-3-12(2)24-11-23-16(13-7-5-4-6-8-13)17(24)15-9-14-18(20)21-10-22-19(14)25-15/h1-5,10-12,14-15,27H,6-9H2,(H2,22,23,24);4-12H,3H2,1-2H3,(H2,20,21,22). The molecule has 6 heterocycles. The molecule has 0 bridgehead atoms. The van der Waals surface area contributed by atoms with Crippen LogP contribution in [0.1, 0.15) is 58.0 Å². The molecule has 0 saturated heterocycles. The van der Waals surface area contributed by atoms with Gasteiger partial charge < -0.3 is 25.7 Å². The molecule has 0 spiro atoms. The highest BCUT2D eigenvalue weighted by atomic mass is 32.1. The maximum Gasteiger partial charge on any atom is 0.135 e. The molecule has 0 aliphatic heterocycles. The van der Waals surface area contributed by atoms with Crippen LogP contribution in [0.25, 0.3) is 64.1 Å². The highest BCUT2D eigenvalue weighted by molar-refractivity contribution is 7.22. The van der Waals surface area contributed by atoms with Crippen molar-refractivity contribution < 1.29 is 5.11 Å². The summed E-state index contributed by atoms with van der Waals surface area (Å²) in [7, 11) is 0. The molecule has 268 valence electrons. The summed E-state index contributed by atoms with van der Waals surface area (Å²) in [6.45, 7) is 4.40. The summed E-state index contributed by atoms with van der Waals surface area (Å²) >= 11 is 3.24. The van der Waals surface area contributed by atoms with Gasteiger partial charge >= 0.3 is 0 Å². The Kier molecular flexibility index (Phi) is 9.69. The van der Waals surface area contributed by atoms with Crippen LogP contribution in [0.4, 0.5) is 11.6 Å². The predicted molar refractivity (Wildman–Crippen MR) is 215 cm³/mol. The third kappa shape index (κ3) is 6.78. The molecule has 9 rings (SSSR count). The zero-order chi connectivity index (χ0) is 36.5. The van der Waals surface area contributed by atoms with Crippen LogP contribution in [0, 0.1) is 0 Å². The van der Waals surface area contributed by atoms with Crippen molar-refractivity contribution in [1.82, 2.24) is 39.0 Å². The summed E-state index contributed by atoms with van der Waals surface area (Å²) in [6.07, 6.45) is 11.3. The number of nitrogens with two attached hydrogens (primary N) is 2. The van der Waals surface area contributed by atoms with Crippen molar-refractivity contribution in [2.24, 2.45) is 0 Å². The number of aromatic nitrogens is 8. The molecule has 2 aromatic carbocycles. The molecule has 1 fully saturated rings. The summed E-state index contributed by atoms with van der Waals surface area (Å²) in [5.74, 6) is 1.02. The number of aliphatic hydroxyl groups is 1. The van der Waals surface area contributed by atoms with E-state index in [2.05, 4.69) is 79.3 Å². The van der Waals surface area contributed by atoms with E-state index in [4.69, 9.17) is 21.4 Å². The van der Waals surface area contributed by atoms with Crippen LogP contribution in [0.2, 0.25) is 0 Å². The van der Waals surface area contributed by atoms with Gasteiger partial charge in [0.25, 0.3) is 0 Å². The van der Waals surface area contributed by atoms with Gasteiger partial charge in [-0.15, -0.1) is 22.7 Å². The molecule has 11 nitrogen and oxygen atoms in total. The van der Waals surface area contributed by atoms with Crippen LogP contribution >= 0.6 is 22.7 Å². The molecule has 1 unspecified atom stereocenters. The lowest BCUT2D eigenvalue weighted by molar-refractivity contribution is 0.111. The Morgan fingerprint density at radius 1 is 0.698 bits per heavy atom. The second-order valence-electron chi connectivity index (χ2n) is 13.3. The van der Waals surface area contributed by atoms with Crippen LogP contribution < -0.4 is 11.5 Å². The fourth-order valence-corrected chi connectivity index (χ4v) is 9.06. The SMILES string of the molecule is CCC(C)n1cnc(-c2ccccc2)c1-c1cc2c(N)ncnc2s1.Nc1ncnc2sc(-c3c(-c4ccccc4)ncn3C3CCC(O)CC3)cc12. The monoisotopic (exact) mass is 740 g/mol. The zero-order valence-corrected chi connectivity index (χ0v) is 31.1. The molecular formula is C40H40N10OS2. The lowest BCUT2D eigenvalue weighted by Crippen LogP contribution is -2.21. The normalized spacial score (nSPS) is 16.4. The summed E-state index contributed by atoms with van der Waals surface area (Å²) in [4.78, 5) is 30.5. The Labute approximate surface area is 315 Å². The third-order valence-corrected chi connectivity index (χ3v) is 12.1. The highest BCUT2D eigenvalue weighted by Gasteiger charge is 2.26. The van der Waals surface area contributed by atoms with Gasteiger partial charge in [-0.1, -0.05) is 67.6 Å². The first-order valence-corrected chi connectivity index (χ1v) is 19.5. The molecule has 13 heteroatoms. The fraction of sp³-hybridized carbons (Fsp3) is 0.250. The molecular weight excluding hydrogens is 701 g/mol. The smallest absolute Gasteiger partial charge is 0.135 e. The Hall–Kier alpha value is -5.50. The van der Waals surface area contributed by atoms with Crippen molar-refractivity contribution in [3.63, 3.8) is 0 Å². The van der Waals surface area contributed by atoms with E-state index in [1.807, 2.05) is 49.1 Å². The number of hydrogen-bond acceptors (Lipinski definition) is 11. The van der Waals surface area contributed by atoms with Gasteiger partial charge in [0.1, 0.15) is 34.0 Å². The van der Waals surface area contributed by atoms with Crippen LogP contribution in [0.3, 0.4) is 0 Å². The van der Waals surface area contributed by atoms with Crippen LogP contribution in [0.15, 0.2) is 98.1 Å². The minimum Gasteiger partial charge on any atom is -0.393 e. The number of fused-ring (bicyclic) bond motifs is 2. The number of hydrogen-bond donors (Lipinski definition) is 3. The van der Waals surface area contributed by atoms with Crippen molar-refractivity contribution in [3.8, 4) is 43.7 Å². The Morgan fingerprint density at radius 2 is 1.21 bits per heavy atom. The predicted octanol–water partition coefficient (Wildman–Crippen LogP) is 9.05. The Bertz CT molecular complexity index is 2480. The number of anilines is 2. The number of thiophene rings is 2.